The van der Waals surface area contributed by atoms with Crippen LogP contribution in [0.2, 0.25) is 0 Å². The molecule has 1 aromatic carbocycles. The number of amides is 1. The predicted molar refractivity (Wildman–Crippen MR) is 108 cm³/mol. The number of pyridine rings is 1. The van der Waals surface area contributed by atoms with Crippen LogP contribution >= 0.6 is 0 Å². The van der Waals surface area contributed by atoms with Crippen LogP contribution in [-0.4, -0.2) is 36.0 Å². The van der Waals surface area contributed by atoms with E-state index in [2.05, 4.69) is 24.0 Å². The van der Waals surface area contributed by atoms with Crippen LogP contribution in [0.4, 0.5) is 0 Å². The first kappa shape index (κ1) is 18.3. The number of carbonyl (C=O) groups is 1. The lowest BCUT2D eigenvalue weighted by atomic mass is 9.86. The normalized spacial score (nSPS) is 21.4. The molecule has 1 aliphatic carbocycles. The molecule has 4 heteroatoms. The first-order chi connectivity index (χ1) is 13.2. The van der Waals surface area contributed by atoms with Crippen molar-refractivity contribution in [1.82, 2.24) is 9.88 Å². The topological polar surface area (TPSA) is 42.4 Å². The van der Waals surface area contributed by atoms with Gasteiger partial charge in [-0.2, -0.15) is 0 Å². The molecule has 0 unspecified atom stereocenters. The molecule has 1 amide bonds. The highest BCUT2D eigenvalue weighted by atomic mass is 16.5. The summed E-state index contributed by atoms with van der Waals surface area (Å²) >= 11 is 0. The molecule has 0 bridgehead atoms. The summed E-state index contributed by atoms with van der Waals surface area (Å²) in [6, 6.07) is 6.29. The lowest BCUT2D eigenvalue weighted by Gasteiger charge is -2.35. The number of rotatable bonds is 3. The standard InChI is InChI=1S/C23H30N2O2/c1-16-20-13-21(24-14-18(20)10-11-22(16)27-2)19-9-6-12-25(15-19)23(26)17-7-4-3-5-8-17/h10-11,13-14,17,19H,3-9,12,15H2,1-2H3/t19-/m0/s1. The number of nitrogens with zero attached hydrogens (tertiary/aromatic N) is 2. The largest absolute Gasteiger partial charge is 0.496 e. The number of aryl methyl sites for hydroxylation is 1. The molecule has 2 heterocycles. The lowest BCUT2D eigenvalue weighted by molar-refractivity contribution is -0.137. The van der Waals surface area contributed by atoms with Gasteiger partial charge in [-0.25, -0.2) is 0 Å². The van der Waals surface area contributed by atoms with E-state index in [4.69, 9.17) is 9.72 Å². The molecule has 4 nitrogen and oxygen atoms in total. The summed E-state index contributed by atoms with van der Waals surface area (Å²) in [6.07, 6.45) is 10.0. The Labute approximate surface area is 161 Å². The maximum Gasteiger partial charge on any atom is 0.225 e. The van der Waals surface area contributed by atoms with E-state index in [1.165, 1.54) is 24.6 Å². The average Bonchev–Trinajstić information content (AvgIpc) is 2.74. The molecule has 2 fully saturated rings. The second-order valence-corrected chi connectivity index (χ2v) is 8.18. The van der Waals surface area contributed by atoms with Crippen molar-refractivity contribution in [3.05, 3.63) is 35.7 Å². The van der Waals surface area contributed by atoms with Gasteiger partial charge in [0.1, 0.15) is 5.75 Å². The monoisotopic (exact) mass is 366 g/mol. The quantitative estimate of drug-likeness (QED) is 0.781. The second kappa shape index (κ2) is 7.87. The first-order valence-corrected chi connectivity index (χ1v) is 10.4. The summed E-state index contributed by atoms with van der Waals surface area (Å²) < 4.78 is 5.48. The number of hydrogen-bond donors (Lipinski definition) is 0. The van der Waals surface area contributed by atoms with Gasteiger partial charge in [0.2, 0.25) is 5.91 Å². The molecule has 0 spiro atoms. The second-order valence-electron chi connectivity index (χ2n) is 8.18. The van der Waals surface area contributed by atoms with Crippen LogP contribution in [-0.2, 0) is 4.79 Å². The van der Waals surface area contributed by atoms with E-state index in [1.807, 2.05) is 12.3 Å². The number of ether oxygens (including phenoxy) is 1. The van der Waals surface area contributed by atoms with Gasteiger partial charge in [-0.15, -0.1) is 0 Å². The zero-order chi connectivity index (χ0) is 18.8. The first-order valence-electron chi connectivity index (χ1n) is 10.4. The van der Waals surface area contributed by atoms with E-state index < -0.39 is 0 Å². The molecule has 1 saturated carbocycles. The fraction of sp³-hybridized carbons (Fsp3) is 0.565. The average molecular weight is 367 g/mol. The van der Waals surface area contributed by atoms with Crippen molar-refractivity contribution in [3.63, 3.8) is 0 Å². The Balaban J connectivity index is 1.55. The molecule has 2 aliphatic rings. The molecule has 1 atom stereocenters. The lowest BCUT2D eigenvalue weighted by Crippen LogP contribution is -2.43. The zero-order valence-corrected chi connectivity index (χ0v) is 16.5. The van der Waals surface area contributed by atoms with Crippen LogP contribution in [0, 0.1) is 12.8 Å². The van der Waals surface area contributed by atoms with Crippen LogP contribution < -0.4 is 4.74 Å². The van der Waals surface area contributed by atoms with E-state index in [-0.39, 0.29) is 5.92 Å². The fourth-order valence-electron chi connectivity index (χ4n) is 4.83. The molecule has 0 N–H and O–H groups in total. The van der Waals surface area contributed by atoms with Crippen LogP contribution in [0.1, 0.15) is 62.1 Å². The number of likely N-dealkylation sites (tertiary alicyclic amines) is 1. The van der Waals surface area contributed by atoms with Gasteiger partial charge in [0.05, 0.1) is 7.11 Å². The molecule has 0 radical (unpaired) electrons. The van der Waals surface area contributed by atoms with Crippen molar-refractivity contribution in [2.24, 2.45) is 5.92 Å². The number of piperidine rings is 1. The van der Waals surface area contributed by atoms with Crippen molar-refractivity contribution < 1.29 is 9.53 Å². The van der Waals surface area contributed by atoms with Gasteiger partial charge in [0, 0.05) is 42.2 Å². The van der Waals surface area contributed by atoms with E-state index >= 15 is 0 Å². The summed E-state index contributed by atoms with van der Waals surface area (Å²) in [5, 5.41) is 2.35. The van der Waals surface area contributed by atoms with Crippen molar-refractivity contribution in [1.29, 1.82) is 0 Å². The van der Waals surface area contributed by atoms with Gasteiger partial charge in [-0.3, -0.25) is 9.78 Å². The van der Waals surface area contributed by atoms with Crippen molar-refractivity contribution in [3.8, 4) is 5.75 Å². The van der Waals surface area contributed by atoms with Gasteiger partial charge in [-0.05, 0) is 61.8 Å². The Morgan fingerprint density at radius 3 is 2.74 bits per heavy atom. The highest BCUT2D eigenvalue weighted by Gasteiger charge is 2.30. The number of benzene rings is 1. The Morgan fingerprint density at radius 1 is 1.15 bits per heavy atom. The Morgan fingerprint density at radius 2 is 1.96 bits per heavy atom. The third-order valence-electron chi connectivity index (χ3n) is 6.47. The number of aromatic nitrogens is 1. The van der Waals surface area contributed by atoms with E-state index in [9.17, 15) is 4.79 Å². The molecule has 4 rings (SSSR count). The molecular formula is C23H30N2O2. The van der Waals surface area contributed by atoms with Crippen LogP contribution in [0.5, 0.6) is 5.75 Å². The summed E-state index contributed by atoms with van der Waals surface area (Å²) in [7, 11) is 1.71. The summed E-state index contributed by atoms with van der Waals surface area (Å²) in [6.45, 7) is 3.83. The Hall–Kier alpha value is -2.10. The number of hydrogen-bond acceptors (Lipinski definition) is 3. The van der Waals surface area contributed by atoms with Gasteiger partial charge in [0.25, 0.3) is 0 Å². The van der Waals surface area contributed by atoms with E-state index in [0.29, 0.717) is 11.8 Å². The maximum absolute atomic E-state index is 13.0. The van der Waals surface area contributed by atoms with Gasteiger partial charge >= 0.3 is 0 Å². The van der Waals surface area contributed by atoms with Gasteiger partial charge in [0.15, 0.2) is 0 Å². The third-order valence-corrected chi connectivity index (χ3v) is 6.47. The highest BCUT2D eigenvalue weighted by molar-refractivity contribution is 5.87. The van der Waals surface area contributed by atoms with Gasteiger partial charge in [-0.1, -0.05) is 19.3 Å². The zero-order valence-electron chi connectivity index (χ0n) is 16.5. The fourth-order valence-corrected chi connectivity index (χ4v) is 4.83. The van der Waals surface area contributed by atoms with Crippen molar-refractivity contribution in [2.75, 3.05) is 20.2 Å². The molecule has 1 aliphatic heterocycles. The van der Waals surface area contributed by atoms with E-state index in [0.717, 1.165) is 61.2 Å². The minimum absolute atomic E-state index is 0.258. The molecule has 144 valence electrons. The van der Waals surface area contributed by atoms with E-state index in [1.54, 1.807) is 7.11 Å². The molecule has 27 heavy (non-hydrogen) atoms. The summed E-state index contributed by atoms with van der Waals surface area (Å²) in [4.78, 5) is 19.8. The maximum atomic E-state index is 13.0. The van der Waals surface area contributed by atoms with Crippen molar-refractivity contribution >= 4 is 16.7 Å². The van der Waals surface area contributed by atoms with Gasteiger partial charge < -0.3 is 9.64 Å². The number of carbonyl (C=O) groups excluding carboxylic acids is 1. The smallest absolute Gasteiger partial charge is 0.225 e. The SMILES string of the molecule is COc1ccc2cnc([C@H]3CCCN(C(=O)C4CCCCC4)C3)cc2c1C. The highest BCUT2D eigenvalue weighted by Crippen LogP contribution is 2.33. The van der Waals surface area contributed by atoms with Crippen LogP contribution in [0.25, 0.3) is 10.8 Å². The Kier molecular flexibility index (Phi) is 5.33. The summed E-state index contributed by atoms with van der Waals surface area (Å²) in [5.74, 6) is 1.89. The molecule has 1 aromatic heterocycles. The summed E-state index contributed by atoms with van der Waals surface area (Å²) in [5.41, 5.74) is 2.27. The number of fused-ring (bicyclic) bond motifs is 1. The molecular weight excluding hydrogens is 336 g/mol. The Bertz CT molecular complexity index is 826. The molecule has 1 saturated heterocycles. The van der Waals surface area contributed by atoms with Crippen LogP contribution in [0.15, 0.2) is 24.4 Å². The third kappa shape index (κ3) is 3.67. The minimum atomic E-state index is 0.258. The predicted octanol–water partition coefficient (Wildman–Crippen LogP) is 4.84. The number of methoxy groups -OCH3 is 1. The van der Waals surface area contributed by atoms with Crippen molar-refractivity contribution in [2.45, 2.75) is 57.8 Å². The van der Waals surface area contributed by atoms with Crippen LogP contribution in [0.3, 0.4) is 0 Å². The molecule has 2 aromatic rings. The minimum Gasteiger partial charge on any atom is -0.496 e.